The van der Waals surface area contributed by atoms with Crippen molar-refractivity contribution >= 4 is 11.8 Å². The molecule has 1 aliphatic heterocycles. The first-order valence-electron chi connectivity index (χ1n) is 8.19. The third-order valence-electron chi connectivity index (χ3n) is 3.88. The Hall–Kier alpha value is -2.90. The summed E-state index contributed by atoms with van der Waals surface area (Å²) >= 11 is 0. The number of amides is 2. The number of urea groups is 1. The second kappa shape index (κ2) is 7.78. The van der Waals surface area contributed by atoms with Crippen LogP contribution in [0.3, 0.4) is 0 Å². The Bertz CT molecular complexity index is 717. The summed E-state index contributed by atoms with van der Waals surface area (Å²) in [4.78, 5) is 24.1. The molecule has 0 radical (unpaired) electrons. The van der Waals surface area contributed by atoms with Crippen LogP contribution < -0.4 is 15.0 Å². The molecule has 1 N–H and O–H groups in total. The normalized spacial score (nSPS) is 14.3. The number of anilines is 1. The van der Waals surface area contributed by atoms with Crippen LogP contribution in [0.5, 0.6) is 11.6 Å². The van der Waals surface area contributed by atoms with Crippen LogP contribution in [0.2, 0.25) is 0 Å². The summed E-state index contributed by atoms with van der Waals surface area (Å²) in [5.74, 6) is 1.32. The Labute approximate surface area is 145 Å². The molecule has 0 aliphatic carbocycles. The number of rotatable bonds is 4. The number of halogens is 1. The van der Waals surface area contributed by atoms with Gasteiger partial charge in [0.15, 0.2) is 0 Å². The molecule has 0 unspecified atom stereocenters. The molecule has 1 aromatic heterocycles. The molecule has 7 nitrogen and oxygen atoms in total. The summed E-state index contributed by atoms with van der Waals surface area (Å²) in [6.07, 6.45) is 1.43. The smallest absolute Gasteiger partial charge is 0.317 e. The molecule has 0 atom stereocenters. The highest BCUT2D eigenvalue weighted by Gasteiger charge is 2.21. The standard InChI is InChI=1S/C17H20FN5O2/c1-2-19-17(24)23-9-7-22(8-10-23)15-11-16(21-12-20-15)25-14-5-3-13(18)4-6-14/h3-6,11-12H,2,7-10H2,1H3,(H,19,24). The molecular weight excluding hydrogens is 325 g/mol. The van der Waals surface area contributed by atoms with E-state index in [0.717, 1.165) is 5.82 Å². The summed E-state index contributed by atoms with van der Waals surface area (Å²) in [7, 11) is 0. The maximum atomic E-state index is 12.9. The van der Waals surface area contributed by atoms with E-state index in [0.29, 0.717) is 44.4 Å². The monoisotopic (exact) mass is 345 g/mol. The Kier molecular flexibility index (Phi) is 5.27. The fourth-order valence-electron chi connectivity index (χ4n) is 2.58. The molecular formula is C17H20FN5O2. The Morgan fingerprint density at radius 1 is 1.20 bits per heavy atom. The lowest BCUT2D eigenvalue weighted by Crippen LogP contribution is -2.52. The quantitative estimate of drug-likeness (QED) is 0.920. The molecule has 0 saturated carbocycles. The minimum atomic E-state index is -0.319. The van der Waals surface area contributed by atoms with E-state index in [9.17, 15) is 9.18 Å². The molecule has 0 bridgehead atoms. The number of piperazine rings is 1. The lowest BCUT2D eigenvalue weighted by Gasteiger charge is -2.35. The fourth-order valence-corrected chi connectivity index (χ4v) is 2.58. The highest BCUT2D eigenvalue weighted by atomic mass is 19.1. The average molecular weight is 345 g/mol. The van der Waals surface area contributed by atoms with Gasteiger partial charge in [0, 0.05) is 38.8 Å². The van der Waals surface area contributed by atoms with Gasteiger partial charge in [0.2, 0.25) is 5.88 Å². The van der Waals surface area contributed by atoms with Gasteiger partial charge >= 0.3 is 6.03 Å². The van der Waals surface area contributed by atoms with Gasteiger partial charge in [-0.3, -0.25) is 0 Å². The van der Waals surface area contributed by atoms with Gasteiger partial charge in [-0.2, -0.15) is 0 Å². The average Bonchev–Trinajstić information content (AvgIpc) is 2.64. The van der Waals surface area contributed by atoms with Crippen molar-refractivity contribution in [2.45, 2.75) is 6.92 Å². The maximum absolute atomic E-state index is 12.9. The molecule has 2 aromatic rings. The highest BCUT2D eigenvalue weighted by Crippen LogP contribution is 2.23. The number of benzene rings is 1. The Morgan fingerprint density at radius 3 is 2.60 bits per heavy atom. The number of aromatic nitrogens is 2. The first-order chi connectivity index (χ1) is 12.2. The minimum absolute atomic E-state index is 0.0369. The lowest BCUT2D eigenvalue weighted by molar-refractivity contribution is 0.195. The zero-order valence-corrected chi connectivity index (χ0v) is 14.0. The number of ether oxygens (including phenoxy) is 1. The van der Waals surface area contributed by atoms with Crippen molar-refractivity contribution in [2.24, 2.45) is 0 Å². The SMILES string of the molecule is CCNC(=O)N1CCN(c2cc(Oc3ccc(F)cc3)ncn2)CC1. The van der Waals surface area contributed by atoms with Crippen molar-refractivity contribution in [3.05, 3.63) is 42.5 Å². The number of hydrogen-bond donors (Lipinski definition) is 1. The van der Waals surface area contributed by atoms with Gasteiger partial charge in [-0.15, -0.1) is 0 Å². The van der Waals surface area contributed by atoms with Gasteiger partial charge in [0.25, 0.3) is 0 Å². The topological polar surface area (TPSA) is 70.6 Å². The van der Waals surface area contributed by atoms with Crippen LogP contribution in [0.4, 0.5) is 15.0 Å². The number of hydrogen-bond acceptors (Lipinski definition) is 5. The van der Waals surface area contributed by atoms with Crippen molar-refractivity contribution in [3.63, 3.8) is 0 Å². The van der Waals surface area contributed by atoms with Crippen LogP contribution in [-0.2, 0) is 0 Å². The van der Waals surface area contributed by atoms with E-state index in [2.05, 4.69) is 20.2 Å². The van der Waals surface area contributed by atoms with E-state index in [1.807, 2.05) is 6.92 Å². The first kappa shape index (κ1) is 16.9. The lowest BCUT2D eigenvalue weighted by atomic mass is 10.3. The van der Waals surface area contributed by atoms with E-state index < -0.39 is 0 Å². The number of nitrogens with zero attached hydrogens (tertiary/aromatic N) is 4. The maximum Gasteiger partial charge on any atom is 0.317 e. The molecule has 1 aromatic carbocycles. The highest BCUT2D eigenvalue weighted by molar-refractivity contribution is 5.74. The van der Waals surface area contributed by atoms with Crippen molar-refractivity contribution in [1.29, 1.82) is 0 Å². The Morgan fingerprint density at radius 2 is 1.92 bits per heavy atom. The first-order valence-corrected chi connectivity index (χ1v) is 8.19. The molecule has 132 valence electrons. The Balaban J connectivity index is 1.62. The van der Waals surface area contributed by atoms with Crippen LogP contribution in [0, 0.1) is 5.82 Å². The molecule has 8 heteroatoms. The van der Waals surface area contributed by atoms with Gasteiger partial charge in [-0.1, -0.05) is 0 Å². The fraction of sp³-hybridized carbons (Fsp3) is 0.353. The van der Waals surface area contributed by atoms with Crippen molar-refractivity contribution in [2.75, 3.05) is 37.6 Å². The van der Waals surface area contributed by atoms with Gasteiger partial charge in [0.1, 0.15) is 23.7 Å². The van der Waals surface area contributed by atoms with Gasteiger partial charge < -0.3 is 19.9 Å². The van der Waals surface area contributed by atoms with Crippen LogP contribution in [0.15, 0.2) is 36.7 Å². The van der Waals surface area contributed by atoms with Crippen LogP contribution in [0.25, 0.3) is 0 Å². The third kappa shape index (κ3) is 4.34. The second-order valence-corrected chi connectivity index (χ2v) is 5.58. The summed E-state index contributed by atoms with van der Waals surface area (Å²) in [5, 5.41) is 2.81. The van der Waals surface area contributed by atoms with Gasteiger partial charge in [-0.05, 0) is 31.2 Å². The molecule has 2 amide bonds. The molecule has 1 fully saturated rings. The second-order valence-electron chi connectivity index (χ2n) is 5.58. The zero-order valence-electron chi connectivity index (χ0n) is 14.0. The summed E-state index contributed by atoms with van der Waals surface area (Å²) in [6.45, 7) is 5.15. The van der Waals surface area contributed by atoms with Crippen molar-refractivity contribution in [1.82, 2.24) is 20.2 Å². The molecule has 0 spiro atoms. The van der Waals surface area contributed by atoms with Crippen molar-refractivity contribution < 1.29 is 13.9 Å². The zero-order chi connectivity index (χ0) is 17.6. The number of carbonyl (C=O) groups excluding carboxylic acids is 1. The largest absolute Gasteiger partial charge is 0.439 e. The summed E-state index contributed by atoms with van der Waals surface area (Å²) < 4.78 is 18.6. The molecule has 25 heavy (non-hydrogen) atoms. The van der Waals surface area contributed by atoms with Gasteiger partial charge in [-0.25, -0.2) is 19.2 Å². The molecule has 1 saturated heterocycles. The van der Waals surface area contributed by atoms with E-state index in [1.54, 1.807) is 23.1 Å². The van der Waals surface area contributed by atoms with Crippen LogP contribution in [0.1, 0.15) is 6.92 Å². The number of nitrogens with one attached hydrogen (secondary N) is 1. The molecule has 2 heterocycles. The van der Waals surface area contributed by atoms with E-state index in [-0.39, 0.29) is 11.8 Å². The predicted molar refractivity (Wildman–Crippen MR) is 91.4 cm³/mol. The van der Waals surface area contributed by atoms with E-state index in [1.165, 1.54) is 18.5 Å². The van der Waals surface area contributed by atoms with E-state index >= 15 is 0 Å². The van der Waals surface area contributed by atoms with E-state index in [4.69, 9.17) is 4.74 Å². The summed E-state index contributed by atoms with van der Waals surface area (Å²) in [5.41, 5.74) is 0. The number of carbonyl (C=O) groups is 1. The molecule has 1 aliphatic rings. The molecule has 3 rings (SSSR count). The third-order valence-corrected chi connectivity index (χ3v) is 3.88. The van der Waals surface area contributed by atoms with Crippen molar-refractivity contribution in [3.8, 4) is 11.6 Å². The van der Waals surface area contributed by atoms with Crippen LogP contribution >= 0.6 is 0 Å². The summed E-state index contributed by atoms with van der Waals surface area (Å²) in [6, 6.07) is 7.45. The predicted octanol–water partition coefficient (Wildman–Crippen LogP) is 2.26. The van der Waals surface area contributed by atoms with Crippen LogP contribution in [-0.4, -0.2) is 53.6 Å². The van der Waals surface area contributed by atoms with Gasteiger partial charge in [0.05, 0.1) is 0 Å². The minimum Gasteiger partial charge on any atom is -0.439 e.